The Morgan fingerprint density at radius 3 is 2.69 bits per heavy atom. The van der Waals surface area contributed by atoms with E-state index in [0.717, 1.165) is 49.2 Å². The third-order valence-corrected chi connectivity index (χ3v) is 7.20. The molecule has 0 spiro atoms. The average molecular weight is 372 g/mol. The predicted molar refractivity (Wildman–Crippen MR) is 99.1 cm³/mol. The van der Waals surface area contributed by atoms with Crippen LogP contribution in [0.15, 0.2) is 35.4 Å². The number of aromatic nitrogens is 2. The standard InChI is InChI=1S/C19H24N4O2S/c1-14-5-7-16(8-6-14)26(24,25)23-10-3-4-18(23)19-20-12-15-13-22(2)11-9-17(15)21-19/h5-8,12,18H,3-4,9-11,13H2,1-2H3. The lowest BCUT2D eigenvalue weighted by molar-refractivity contribution is 0.306. The highest BCUT2D eigenvalue weighted by molar-refractivity contribution is 7.89. The summed E-state index contributed by atoms with van der Waals surface area (Å²) >= 11 is 0. The van der Waals surface area contributed by atoms with Crippen molar-refractivity contribution >= 4 is 10.0 Å². The zero-order chi connectivity index (χ0) is 18.3. The van der Waals surface area contributed by atoms with Crippen LogP contribution in [0.3, 0.4) is 0 Å². The fourth-order valence-electron chi connectivity index (χ4n) is 3.76. The number of benzene rings is 1. The van der Waals surface area contributed by atoms with Crippen molar-refractivity contribution in [1.29, 1.82) is 0 Å². The number of hydrogen-bond acceptors (Lipinski definition) is 5. The van der Waals surface area contributed by atoms with Crippen molar-refractivity contribution in [3.63, 3.8) is 0 Å². The Hall–Kier alpha value is -1.83. The molecule has 4 rings (SSSR count). The summed E-state index contributed by atoms with van der Waals surface area (Å²) in [4.78, 5) is 11.9. The van der Waals surface area contributed by atoms with Crippen molar-refractivity contribution in [2.45, 2.75) is 43.7 Å². The highest BCUT2D eigenvalue weighted by atomic mass is 32.2. The van der Waals surface area contributed by atoms with Crippen molar-refractivity contribution in [1.82, 2.24) is 19.2 Å². The van der Waals surface area contributed by atoms with Gasteiger partial charge in [-0.15, -0.1) is 0 Å². The summed E-state index contributed by atoms with van der Waals surface area (Å²) in [5.41, 5.74) is 3.26. The van der Waals surface area contributed by atoms with E-state index in [-0.39, 0.29) is 6.04 Å². The first-order chi connectivity index (χ1) is 12.4. The molecule has 1 unspecified atom stereocenters. The van der Waals surface area contributed by atoms with E-state index < -0.39 is 10.0 Å². The van der Waals surface area contributed by atoms with Crippen LogP contribution in [0.1, 0.15) is 41.5 Å². The quantitative estimate of drug-likeness (QED) is 0.827. The molecular weight excluding hydrogens is 348 g/mol. The molecule has 2 aliphatic rings. The van der Waals surface area contributed by atoms with Crippen LogP contribution in [0.25, 0.3) is 0 Å². The third kappa shape index (κ3) is 3.15. The summed E-state index contributed by atoms with van der Waals surface area (Å²) in [6, 6.07) is 6.77. The van der Waals surface area contributed by atoms with Gasteiger partial charge < -0.3 is 4.90 Å². The van der Waals surface area contributed by atoms with Crippen LogP contribution in [0.4, 0.5) is 0 Å². The molecule has 0 radical (unpaired) electrons. The monoisotopic (exact) mass is 372 g/mol. The molecule has 2 aromatic rings. The summed E-state index contributed by atoms with van der Waals surface area (Å²) in [6.45, 7) is 4.29. The van der Waals surface area contributed by atoms with Gasteiger partial charge in [-0.05, 0) is 38.9 Å². The second-order valence-electron chi connectivity index (χ2n) is 7.27. The Kier molecular flexibility index (Phi) is 4.54. The van der Waals surface area contributed by atoms with Gasteiger partial charge in [0, 0.05) is 43.5 Å². The number of aryl methyl sites for hydroxylation is 1. The summed E-state index contributed by atoms with van der Waals surface area (Å²) in [5.74, 6) is 0.640. The Bertz CT molecular complexity index is 912. The van der Waals surface area contributed by atoms with Gasteiger partial charge in [-0.2, -0.15) is 4.31 Å². The van der Waals surface area contributed by atoms with Crippen molar-refractivity contribution < 1.29 is 8.42 Å². The number of sulfonamides is 1. The summed E-state index contributed by atoms with van der Waals surface area (Å²) in [5, 5.41) is 0. The van der Waals surface area contributed by atoms with Gasteiger partial charge in [-0.3, -0.25) is 0 Å². The molecule has 1 fully saturated rings. The first-order valence-electron chi connectivity index (χ1n) is 9.07. The molecule has 1 aromatic carbocycles. The van der Waals surface area contributed by atoms with Gasteiger partial charge in [0.15, 0.2) is 0 Å². The molecule has 0 saturated carbocycles. The summed E-state index contributed by atoms with van der Waals surface area (Å²) in [7, 11) is -1.45. The second-order valence-corrected chi connectivity index (χ2v) is 9.17. The zero-order valence-corrected chi connectivity index (χ0v) is 16.0. The van der Waals surface area contributed by atoms with Gasteiger partial charge in [0.2, 0.25) is 10.0 Å². The van der Waals surface area contributed by atoms with E-state index in [1.165, 1.54) is 0 Å². The van der Waals surface area contributed by atoms with Gasteiger partial charge in [-0.25, -0.2) is 18.4 Å². The average Bonchev–Trinajstić information content (AvgIpc) is 3.12. The van der Waals surface area contributed by atoms with Gasteiger partial charge >= 0.3 is 0 Å². The van der Waals surface area contributed by atoms with Crippen LogP contribution < -0.4 is 0 Å². The number of fused-ring (bicyclic) bond motifs is 1. The Labute approximate surface area is 154 Å². The van der Waals surface area contributed by atoms with Crippen LogP contribution in [-0.2, 0) is 23.0 Å². The van der Waals surface area contributed by atoms with E-state index in [1.54, 1.807) is 16.4 Å². The molecular formula is C19H24N4O2S. The van der Waals surface area contributed by atoms with Gasteiger partial charge in [0.25, 0.3) is 0 Å². The smallest absolute Gasteiger partial charge is 0.243 e. The Balaban J connectivity index is 1.66. The molecule has 7 heteroatoms. The van der Waals surface area contributed by atoms with Gasteiger partial charge in [0.1, 0.15) is 5.82 Å². The van der Waals surface area contributed by atoms with E-state index in [2.05, 4.69) is 16.9 Å². The molecule has 2 aliphatic heterocycles. The molecule has 6 nitrogen and oxygen atoms in total. The maximum absolute atomic E-state index is 13.1. The van der Waals surface area contributed by atoms with Crippen molar-refractivity contribution in [3.05, 3.63) is 53.1 Å². The number of nitrogens with zero attached hydrogens (tertiary/aromatic N) is 4. The van der Waals surface area contributed by atoms with Gasteiger partial charge in [0.05, 0.1) is 10.9 Å². The Morgan fingerprint density at radius 2 is 1.92 bits per heavy atom. The summed E-state index contributed by atoms with van der Waals surface area (Å²) < 4.78 is 27.8. The lowest BCUT2D eigenvalue weighted by Gasteiger charge is -2.26. The fourth-order valence-corrected chi connectivity index (χ4v) is 5.42. The van der Waals surface area contributed by atoms with Crippen LogP contribution in [0.5, 0.6) is 0 Å². The van der Waals surface area contributed by atoms with Crippen LogP contribution >= 0.6 is 0 Å². The minimum Gasteiger partial charge on any atom is -0.302 e. The van der Waals surface area contributed by atoms with E-state index >= 15 is 0 Å². The molecule has 0 N–H and O–H groups in total. The van der Waals surface area contributed by atoms with Crippen LogP contribution in [-0.4, -0.2) is 47.7 Å². The largest absolute Gasteiger partial charge is 0.302 e. The lowest BCUT2D eigenvalue weighted by Crippen LogP contribution is -2.33. The maximum Gasteiger partial charge on any atom is 0.243 e. The fraction of sp³-hybridized carbons (Fsp3) is 0.474. The van der Waals surface area contributed by atoms with E-state index in [1.807, 2.05) is 25.3 Å². The highest BCUT2D eigenvalue weighted by Crippen LogP contribution is 2.35. The van der Waals surface area contributed by atoms with E-state index in [0.29, 0.717) is 17.3 Å². The molecule has 0 bridgehead atoms. The van der Waals surface area contributed by atoms with Gasteiger partial charge in [-0.1, -0.05) is 17.7 Å². The molecule has 1 atom stereocenters. The van der Waals surface area contributed by atoms with Crippen LogP contribution in [0, 0.1) is 6.92 Å². The van der Waals surface area contributed by atoms with E-state index in [9.17, 15) is 8.42 Å². The number of hydrogen-bond donors (Lipinski definition) is 0. The van der Waals surface area contributed by atoms with E-state index in [4.69, 9.17) is 4.98 Å². The molecule has 1 saturated heterocycles. The number of rotatable bonds is 3. The topological polar surface area (TPSA) is 66.4 Å². The molecule has 138 valence electrons. The SMILES string of the molecule is Cc1ccc(S(=O)(=O)N2CCCC2c2ncc3c(n2)CCN(C)C3)cc1. The molecule has 26 heavy (non-hydrogen) atoms. The second kappa shape index (κ2) is 6.72. The molecule has 1 aromatic heterocycles. The first-order valence-corrected chi connectivity index (χ1v) is 10.5. The number of likely N-dealkylation sites (N-methyl/N-ethyl adjacent to an activating group) is 1. The third-order valence-electron chi connectivity index (χ3n) is 5.27. The predicted octanol–water partition coefficient (Wildman–Crippen LogP) is 2.30. The Morgan fingerprint density at radius 1 is 1.15 bits per heavy atom. The summed E-state index contributed by atoms with van der Waals surface area (Å²) in [6.07, 6.45) is 4.36. The van der Waals surface area contributed by atoms with Crippen molar-refractivity contribution in [2.75, 3.05) is 20.1 Å². The normalized spacial score (nSPS) is 21.7. The minimum atomic E-state index is -3.54. The van der Waals surface area contributed by atoms with Crippen molar-refractivity contribution in [3.8, 4) is 0 Å². The minimum absolute atomic E-state index is 0.272. The van der Waals surface area contributed by atoms with Crippen molar-refractivity contribution in [2.24, 2.45) is 0 Å². The molecule has 3 heterocycles. The zero-order valence-electron chi connectivity index (χ0n) is 15.2. The molecule has 0 aliphatic carbocycles. The lowest BCUT2D eigenvalue weighted by atomic mass is 10.1. The van der Waals surface area contributed by atoms with Crippen LogP contribution in [0.2, 0.25) is 0 Å². The molecule has 0 amide bonds. The maximum atomic E-state index is 13.1. The first kappa shape index (κ1) is 17.6. The highest BCUT2D eigenvalue weighted by Gasteiger charge is 2.38.